The van der Waals surface area contributed by atoms with Crippen molar-refractivity contribution in [3.63, 3.8) is 0 Å². The van der Waals surface area contributed by atoms with E-state index in [0.717, 1.165) is 0 Å². The molecular weight excluding hydrogens is 314 g/mol. The predicted octanol–water partition coefficient (Wildman–Crippen LogP) is 4.03. The molecule has 0 aliphatic heterocycles. The predicted molar refractivity (Wildman–Crippen MR) is 107 cm³/mol. The zero-order chi connectivity index (χ0) is 17.3. The monoisotopic (exact) mass is 338 g/mol. The lowest BCUT2D eigenvalue weighted by Gasteiger charge is -2.11. The standard InChI is InChI=1S/C20H24N3S/c1-21(2)16-9-6-15(7-10-16)8-13-20-23(5)18-12-11-17(22(3)4)14-19(18)24-20/h6-14H,1-5H3/q+1. The number of fused-ring (bicyclic) bond motifs is 1. The minimum atomic E-state index is 1.21. The molecule has 0 aliphatic rings. The summed E-state index contributed by atoms with van der Waals surface area (Å²) in [5.74, 6) is 0. The van der Waals surface area contributed by atoms with Crippen molar-refractivity contribution in [1.82, 2.24) is 0 Å². The van der Waals surface area contributed by atoms with Crippen LogP contribution in [-0.4, -0.2) is 28.2 Å². The summed E-state index contributed by atoms with van der Waals surface area (Å²) in [5, 5.41) is 1.25. The fourth-order valence-corrected chi connectivity index (χ4v) is 3.72. The third-order valence-corrected chi connectivity index (χ3v) is 5.36. The number of hydrogen-bond donors (Lipinski definition) is 0. The molecule has 3 nitrogen and oxygen atoms in total. The Labute approximate surface area is 148 Å². The Kier molecular flexibility index (Phi) is 4.58. The van der Waals surface area contributed by atoms with E-state index in [4.69, 9.17) is 0 Å². The second kappa shape index (κ2) is 6.65. The highest BCUT2D eigenvalue weighted by atomic mass is 32.1. The van der Waals surface area contributed by atoms with Gasteiger partial charge in [0.05, 0.1) is 0 Å². The molecule has 3 aromatic rings. The average Bonchev–Trinajstić information content (AvgIpc) is 2.89. The number of benzene rings is 2. The van der Waals surface area contributed by atoms with Gasteiger partial charge in [0, 0.05) is 51.7 Å². The van der Waals surface area contributed by atoms with Gasteiger partial charge in [-0.05, 0) is 35.9 Å². The molecule has 0 N–H and O–H groups in total. The number of anilines is 2. The zero-order valence-electron chi connectivity index (χ0n) is 14.9. The van der Waals surface area contributed by atoms with Gasteiger partial charge in [-0.1, -0.05) is 23.5 Å². The molecule has 3 rings (SSSR count). The second-order valence-corrected chi connectivity index (χ2v) is 7.43. The molecule has 1 heterocycles. The third-order valence-electron chi connectivity index (χ3n) is 4.19. The van der Waals surface area contributed by atoms with Crippen LogP contribution in [0.1, 0.15) is 10.6 Å². The Morgan fingerprint density at radius 3 is 2.08 bits per heavy atom. The zero-order valence-corrected chi connectivity index (χ0v) is 15.8. The van der Waals surface area contributed by atoms with Crippen molar-refractivity contribution in [3.8, 4) is 0 Å². The molecule has 0 saturated carbocycles. The molecule has 1 aromatic heterocycles. The smallest absolute Gasteiger partial charge is 0.262 e. The quantitative estimate of drug-likeness (QED) is 0.665. The van der Waals surface area contributed by atoms with E-state index in [1.165, 1.54) is 32.2 Å². The molecule has 0 bridgehead atoms. The van der Waals surface area contributed by atoms with Gasteiger partial charge in [-0.25, -0.2) is 0 Å². The van der Waals surface area contributed by atoms with Crippen LogP contribution in [0.3, 0.4) is 0 Å². The van der Waals surface area contributed by atoms with Gasteiger partial charge in [-0.2, -0.15) is 4.57 Å². The molecule has 0 atom stereocenters. The molecule has 0 radical (unpaired) electrons. The average molecular weight is 338 g/mol. The van der Waals surface area contributed by atoms with Gasteiger partial charge in [-0.3, -0.25) is 0 Å². The largest absolute Gasteiger partial charge is 0.378 e. The summed E-state index contributed by atoms with van der Waals surface area (Å²) in [5.41, 5.74) is 4.94. The molecule has 24 heavy (non-hydrogen) atoms. The van der Waals surface area contributed by atoms with E-state index in [-0.39, 0.29) is 0 Å². The molecule has 0 aliphatic carbocycles. The minimum absolute atomic E-state index is 1.21. The van der Waals surface area contributed by atoms with E-state index in [2.05, 4.69) is 104 Å². The maximum Gasteiger partial charge on any atom is 0.262 e. The number of thiazole rings is 1. The molecule has 0 saturated heterocycles. The number of aromatic nitrogens is 1. The Bertz CT molecular complexity index is 874. The van der Waals surface area contributed by atoms with Crippen LogP contribution in [0.4, 0.5) is 11.4 Å². The number of rotatable bonds is 4. The summed E-state index contributed by atoms with van der Waals surface area (Å²) in [6.07, 6.45) is 4.38. The highest BCUT2D eigenvalue weighted by molar-refractivity contribution is 7.18. The summed E-state index contributed by atoms with van der Waals surface area (Å²) in [7, 11) is 10.4. The summed E-state index contributed by atoms with van der Waals surface area (Å²) < 4.78 is 3.57. The molecule has 124 valence electrons. The van der Waals surface area contributed by atoms with E-state index >= 15 is 0 Å². The first-order valence-electron chi connectivity index (χ1n) is 8.01. The summed E-state index contributed by atoms with van der Waals surface area (Å²) in [6.45, 7) is 0. The van der Waals surface area contributed by atoms with Gasteiger partial charge in [-0.15, -0.1) is 0 Å². The van der Waals surface area contributed by atoms with Crippen molar-refractivity contribution < 1.29 is 4.57 Å². The van der Waals surface area contributed by atoms with Crippen LogP contribution in [0, 0.1) is 0 Å². The molecular formula is C20H24N3S+. The van der Waals surface area contributed by atoms with Gasteiger partial charge < -0.3 is 9.80 Å². The van der Waals surface area contributed by atoms with E-state index in [9.17, 15) is 0 Å². The van der Waals surface area contributed by atoms with Crippen LogP contribution in [-0.2, 0) is 7.05 Å². The topological polar surface area (TPSA) is 10.4 Å². The van der Waals surface area contributed by atoms with Crippen molar-refractivity contribution in [2.24, 2.45) is 7.05 Å². The maximum atomic E-state index is 2.25. The molecule has 0 unspecified atom stereocenters. The summed E-state index contributed by atoms with van der Waals surface area (Å²) in [4.78, 5) is 4.25. The van der Waals surface area contributed by atoms with Crippen molar-refractivity contribution in [2.75, 3.05) is 38.0 Å². The maximum absolute atomic E-state index is 2.25. The van der Waals surface area contributed by atoms with Crippen molar-refractivity contribution in [3.05, 3.63) is 53.0 Å². The Hall–Kier alpha value is -2.33. The lowest BCUT2D eigenvalue weighted by Crippen LogP contribution is -2.28. The van der Waals surface area contributed by atoms with Crippen LogP contribution in [0.25, 0.3) is 22.4 Å². The van der Waals surface area contributed by atoms with Gasteiger partial charge in [0.15, 0.2) is 0 Å². The lowest BCUT2D eigenvalue weighted by molar-refractivity contribution is -0.642. The van der Waals surface area contributed by atoms with Crippen molar-refractivity contribution in [2.45, 2.75) is 0 Å². The molecule has 4 heteroatoms. The fourth-order valence-electron chi connectivity index (χ4n) is 2.64. The van der Waals surface area contributed by atoms with Gasteiger partial charge in [0.2, 0.25) is 5.52 Å². The van der Waals surface area contributed by atoms with Crippen molar-refractivity contribution in [1.29, 1.82) is 0 Å². The van der Waals surface area contributed by atoms with Gasteiger partial charge >= 0.3 is 0 Å². The van der Waals surface area contributed by atoms with Gasteiger partial charge in [0.25, 0.3) is 5.01 Å². The van der Waals surface area contributed by atoms with Crippen LogP contribution < -0.4 is 14.4 Å². The fraction of sp³-hybridized carbons (Fsp3) is 0.250. The van der Waals surface area contributed by atoms with E-state index in [1.54, 1.807) is 0 Å². The highest BCUT2D eigenvalue weighted by Gasteiger charge is 2.15. The Morgan fingerprint density at radius 1 is 0.833 bits per heavy atom. The van der Waals surface area contributed by atoms with E-state index in [1.807, 2.05) is 11.3 Å². The minimum Gasteiger partial charge on any atom is -0.378 e. The number of hydrogen-bond acceptors (Lipinski definition) is 3. The third kappa shape index (κ3) is 3.29. The van der Waals surface area contributed by atoms with Crippen LogP contribution >= 0.6 is 11.3 Å². The number of nitrogens with zero attached hydrogens (tertiary/aromatic N) is 3. The molecule has 0 spiro atoms. The molecule has 2 aromatic carbocycles. The van der Waals surface area contributed by atoms with Gasteiger partial charge in [0.1, 0.15) is 11.7 Å². The highest BCUT2D eigenvalue weighted by Crippen LogP contribution is 2.26. The SMILES string of the molecule is CN(C)c1ccc(/C=C/c2sc3cc(N(C)C)ccc3[n+]2C)cc1. The van der Waals surface area contributed by atoms with E-state index in [0.29, 0.717) is 0 Å². The Morgan fingerprint density at radius 2 is 1.46 bits per heavy atom. The van der Waals surface area contributed by atoms with Crippen molar-refractivity contribution >= 4 is 45.1 Å². The first-order chi connectivity index (χ1) is 11.5. The molecule has 0 fully saturated rings. The van der Waals surface area contributed by atoms with Crippen LogP contribution in [0.2, 0.25) is 0 Å². The molecule has 0 amide bonds. The summed E-state index contributed by atoms with van der Waals surface area (Å²) in [6, 6.07) is 15.2. The Balaban J connectivity index is 1.90. The summed E-state index contributed by atoms with van der Waals surface area (Å²) >= 11 is 1.82. The first kappa shape index (κ1) is 16.5. The second-order valence-electron chi connectivity index (χ2n) is 6.37. The number of aryl methyl sites for hydroxylation is 1. The lowest BCUT2D eigenvalue weighted by atomic mass is 10.2. The van der Waals surface area contributed by atoms with Crippen LogP contribution in [0.5, 0.6) is 0 Å². The van der Waals surface area contributed by atoms with Crippen LogP contribution in [0.15, 0.2) is 42.5 Å². The normalized spacial score (nSPS) is 11.4. The van der Waals surface area contributed by atoms with E-state index < -0.39 is 0 Å². The first-order valence-corrected chi connectivity index (χ1v) is 8.83.